The Bertz CT molecular complexity index is 1330. The molecule has 0 fully saturated rings. The van der Waals surface area contributed by atoms with E-state index in [-0.39, 0.29) is 6.10 Å². The molecule has 166 valence electrons. The maximum absolute atomic E-state index is 7.71. The van der Waals surface area contributed by atoms with Crippen molar-refractivity contribution >= 4 is 44.0 Å². The van der Waals surface area contributed by atoms with Crippen molar-refractivity contribution in [1.29, 1.82) is 0 Å². The Morgan fingerprint density at radius 1 is 0.500 bits per heavy atom. The fourth-order valence-corrected chi connectivity index (χ4v) is 11.9. The van der Waals surface area contributed by atoms with E-state index in [2.05, 4.69) is 155 Å². The predicted molar refractivity (Wildman–Crippen MR) is 148 cm³/mol. The molecule has 1 aliphatic heterocycles. The van der Waals surface area contributed by atoms with Crippen LogP contribution in [0.25, 0.3) is 0 Å². The van der Waals surface area contributed by atoms with Gasteiger partial charge in [-0.3, -0.25) is 0 Å². The topological polar surface area (TPSA) is 9.23 Å². The zero-order chi connectivity index (χ0) is 23.0. The summed E-state index contributed by atoms with van der Waals surface area (Å²) in [5, 5.41) is 4.94. The monoisotopic (exact) mass is 522 g/mol. The predicted octanol–water partition coefficient (Wildman–Crippen LogP) is 6.64. The molecule has 0 saturated carbocycles. The summed E-state index contributed by atoms with van der Waals surface area (Å²) in [6.45, 7) is -3.53. The molecule has 6 rings (SSSR count). The molecule has 1 nitrogen and oxygen atoms in total. The summed E-state index contributed by atoms with van der Waals surface area (Å²) in [5.74, 6) is 0. The van der Waals surface area contributed by atoms with E-state index in [1.807, 2.05) is 0 Å². The molecule has 0 unspecified atom stereocenters. The molecule has 0 spiro atoms. The van der Waals surface area contributed by atoms with Gasteiger partial charge in [0.05, 0.1) is 0 Å². The number of benzene rings is 5. The maximum atomic E-state index is 7.71. The van der Waals surface area contributed by atoms with Crippen LogP contribution in [0.3, 0.4) is 0 Å². The van der Waals surface area contributed by atoms with Crippen LogP contribution < -0.4 is 21.2 Å². The molecular weight excluding hydrogens is 499 g/mol. The molecule has 1 heterocycles. The van der Waals surface area contributed by atoms with Gasteiger partial charge in [-0.05, 0) is 0 Å². The van der Waals surface area contributed by atoms with Crippen LogP contribution in [0.5, 0.6) is 0 Å². The van der Waals surface area contributed by atoms with Gasteiger partial charge < -0.3 is 0 Å². The number of halogens is 1. The molecule has 5 aromatic carbocycles. The second-order valence-electron chi connectivity index (χ2n) is 8.64. The van der Waals surface area contributed by atoms with Crippen molar-refractivity contribution in [2.24, 2.45) is 0 Å². The van der Waals surface area contributed by atoms with Gasteiger partial charge in [0.15, 0.2) is 0 Å². The molecule has 34 heavy (non-hydrogen) atoms. The molecular formula is C31H24BrOP. The Labute approximate surface area is 209 Å². The first-order chi connectivity index (χ1) is 16.7. The minimum atomic E-state index is -3.53. The van der Waals surface area contributed by atoms with Crippen LogP contribution in [-0.2, 0) is 4.52 Å². The van der Waals surface area contributed by atoms with Crippen LogP contribution in [-0.4, -0.2) is 0 Å². The van der Waals surface area contributed by atoms with Gasteiger partial charge >= 0.3 is 210 Å². The molecule has 0 saturated heterocycles. The SMILES string of the molecule is Brc1ccc([C@@H]2OP(c3ccccc3)(c3ccccc3)(c3ccccc3)c3ccccc32)cc1. The molecule has 0 N–H and O–H groups in total. The third-order valence-electron chi connectivity index (χ3n) is 6.91. The Morgan fingerprint density at radius 2 is 0.941 bits per heavy atom. The summed E-state index contributed by atoms with van der Waals surface area (Å²) in [5.41, 5.74) is 2.39. The molecule has 0 aromatic heterocycles. The average molecular weight is 523 g/mol. The normalized spacial score (nSPS) is 19.0. The molecule has 1 atom stereocenters. The van der Waals surface area contributed by atoms with Crippen molar-refractivity contribution in [2.45, 2.75) is 6.10 Å². The first-order valence-corrected chi connectivity index (χ1v) is 14.4. The van der Waals surface area contributed by atoms with E-state index in [0.717, 1.165) is 10.0 Å². The van der Waals surface area contributed by atoms with Gasteiger partial charge in [0.1, 0.15) is 0 Å². The average Bonchev–Trinajstić information content (AvgIpc) is 3.25. The second-order valence-corrected chi connectivity index (χ2v) is 13.9. The summed E-state index contributed by atoms with van der Waals surface area (Å²) in [6, 6.07) is 49.9. The third-order valence-corrected chi connectivity index (χ3v) is 13.3. The fourth-order valence-electron chi connectivity index (χ4n) is 5.48. The van der Waals surface area contributed by atoms with Gasteiger partial charge in [-0.25, -0.2) is 0 Å². The van der Waals surface area contributed by atoms with Crippen LogP contribution in [0, 0.1) is 0 Å². The van der Waals surface area contributed by atoms with Crippen LogP contribution in [0.4, 0.5) is 0 Å². The van der Waals surface area contributed by atoms with Crippen molar-refractivity contribution in [2.75, 3.05) is 0 Å². The molecule has 5 aromatic rings. The minimum absolute atomic E-state index is 0.178. The molecule has 0 bridgehead atoms. The van der Waals surface area contributed by atoms with E-state index in [4.69, 9.17) is 4.52 Å². The molecule has 0 radical (unpaired) electrons. The standard InChI is InChI=1S/C31H24BrOP/c32-25-22-20-24(21-23-25)31-29-18-10-11-19-30(29)34(33-31,26-12-4-1-5-13-26,27-14-6-2-7-15-27)28-16-8-3-9-17-28/h1-23,31H/t31-/m0/s1. The van der Waals surface area contributed by atoms with Gasteiger partial charge in [-0.15, -0.1) is 0 Å². The van der Waals surface area contributed by atoms with Gasteiger partial charge in [0.2, 0.25) is 0 Å². The molecule has 1 aliphatic rings. The van der Waals surface area contributed by atoms with E-state index in [0.29, 0.717) is 0 Å². The zero-order valence-electron chi connectivity index (χ0n) is 18.6. The Balaban J connectivity index is 1.80. The summed E-state index contributed by atoms with van der Waals surface area (Å²) in [4.78, 5) is 0. The van der Waals surface area contributed by atoms with Crippen molar-refractivity contribution < 1.29 is 4.52 Å². The first kappa shape index (κ1) is 21.5. The molecule has 0 amide bonds. The number of rotatable bonds is 4. The molecule has 3 heteroatoms. The van der Waals surface area contributed by atoms with Gasteiger partial charge in [-0.2, -0.15) is 0 Å². The summed E-state index contributed by atoms with van der Waals surface area (Å²) in [7, 11) is 0. The Morgan fingerprint density at radius 3 is 1.44 bits per heavy atom. The molecule has 0 aliphatic carbocycles. The van der Waals surface area contributed by atoms with Crippen LogP contribution in [0.15, 0.2) is 144 Å². The van der Waals surface area contributed by atoms with Crippen molar-refractivity contribution in [1.82, 2.24) is 0 Å². The second kappa shape index (κ2) is 8.32. The van der Waals surface area contributed by atoms with Crippen LogP contribution in [0.1, 0.15) is 17.2 Å². The van der Waals surface area contributed by atoms with Crippen molar-refractivity contribution in [3.05, 3.63) is 155 Å². The van der Waals surface area contributed by atoms with Crippen LogP contribution in [0.2, 0.25) is 0 Å². The third kappa shape index (κ3) is 2.93. The van der Waals surface area contributed by atoms with E-state index in [1.54, 1.807) is 0 Å². The van der Waals surface area contributed by atoms with Crippen molar-refractivity contribution in [3.8, 4) is 0 Å². The Hall–Kier alpha value is -3.03. The van der Waals surface area contributed by atoms with E-state index in [1.165, 1.54) is 26.8 Å². The van der Waals surface area contributed by atoms with Gasteiger partial charge in [-0.1, -0.05) is 0 Å². The number of hydrogen-bond acceptors (Lipinski definition) is 1. The van der Waals surface area contributed by atoms with Gasteiger partial charge in [0.25, 0.3) is 0 Å². The summed E-state index contributed by atoms with van der Waals surface area (Å²) < 4.78 is 8.77. The van der Waals surface area contributed by atoms with Gasteiger partial charge in [0, 0.05) is 0 Å². The number of fused-ring (bicyclic) bond motifs is 1. The Kier molecular flexibility index (Phi) is 5.26. The van der Waals surface area contributed by atoms with Crippen LogP contribution >= 0.6 is 22.8 Å². The van der Waals surface area contributed by atoms with E-state index in [9.17, 15) is 0 Å². The number of hydrogen-bond donors (Lipinski definition) is 0. The fraction of sp³-hybridized carbons (Fsp3) is 0.0323. The zero-order valence-corrected chi connectivity index (χ0v) is 21.1. The van der Waals surface area contributed by atoms with E-state index < -0.39 is 6.83 Å². The first-order valence-electron chi connectivity index (χ1n) is 11.5. The summed E-state index contributed by atoms with van der Waals surface area (Å²) in [6.07, 6.45) is -0.178. The van der Waals surface area contributed by atoms with E-state index >= 15 is 0 Å². The quantitative estimate of drug-likeness (QED) is 0.240. The summed E-state index contributed by atoms with van der Waals surface area (Å²) >= 11 is 3.60. The van der Waals surface area contributed by atoms with Crippen molar-refractivity contribution in [3.63, 3.8) is 0 Å².